The minimum atomic E-state index is -0.476. The molecular weight excluding hydrogens is 417 g/mol. The lowest BCUT2D eigenvalue weighted by Crippen LogP contribution is -2.51. The van der Waals surface area contributed by atoms with Gasteiger partial charge >= 0.3 is 0 Å². The molecule has 178 valence electrons. The van der Waals surface area contributed by atoms with E-state index in [9.17, 15) is 14.3 Å². The van der Waals surface area contributed by atoms with Crippen LogP contribution >= 0.6 is 0 Å². The van der Waals surface area contributed by atoms with Gasteiger partial charge in [0, 0.05) is 5.92 Å². The Morgan fingerprint density at radius 1 is 1.09 bits per heavy atom. The minimum absolute atomic E-state index is 0.0565. The molecule has 8 atom stereocenters. The number of aliphatic hydroxyl groups is 1. The van der Waals surface area contributed by atoms with Crippen LogP contribution in [0.5, 0.6) is 0 Å². The first-order valence-electron chi connectivity index (χ1n) is 13.0. The number of benzene rings is 1. The van der Waals surface area contributed by atoms with E-state index >= 15 is 0 Å². The van der Waals surface area contributed by atoms with Crippen LogP contribution in [-0.2, 0) is 11.3 Å². The van der Waals surface area contributed by atoms with Gasteiger partial charge in [0.1, 0.15) is 12.1 Å². The molecule has 33 heavy (non-hydrogen) atoms. The van der Waals surface area contributed by atoms with Crippen LogP contribution in [0.25, 0.3) is 11.0 Å². The number of hydrogen-bond acceptors (Lipinski definition) is 4. The standard InChI is InChI=1S/C27H36FN3O2/c1-26(33)12-10-17-16(14-26)6-7-19-18(17)11-13-27(2)20(19)8-9-21(27)24(32)15-31-23-5-3-4-22(28)25(23)29-30-31/h3-5,16-21,33H,6-15H2,1-2H3/t16?,17?,18-,19-,20?,21-,26-,27+/m1/s1. The number of ketones is 1. The molecule has 0 amide bonds. The number of Topliss-reactive ketones (excluding diaryl/α,β-unsaturated/α-hetero) is 1. The normalized spacial score (nSPS) is 42.5. The second-order valence-corrected chi connectivity index (χ2v) is 12.2. The van der Waals surface area contributed by atoms with Gasteiger partial charge in [-0.2, -0.15) is 0 Å². The molecule has 1 aromatic carbocycles. The number of halogens is 1. The summed E-state index contributed by atoms with van der Waals surface area (Å²) in [6, 6.07) is 4.82. The van der Waals surface area contributed by atoms with E-state index in [-0.39, 0.29) is 29.2 Å². The zero-order chi connectivity index (χ0) is 23.0. The fraction of sp³-hybridized carbons (Fsp3) is 0.741. The van der Waals surface area contributed by atoms with Crippen LogP contribution in [0.4, 0.5) is 4.39 Å². The molecule has 3 unspecified atom stereocenters. The molecule has 4 fully saturated rings. The summed E-state index contributed by atoms with van der Waals surface area (Å²) in [6.45, 7) is 4.58. The highest BCUT2D eigenvalue weighted by atomic mass is 19.1. The van der Waals surface area contributed by atoms with Crippen LogP contribution in [0.3, 0.4) is 0 Å². The van der Waals surface area contributed by atoms with E-state index in [4.69, 9.17) is 0 Å². The monoisotopic (exact) mass is 453 g/mol. The lowest BCUT2D eigenvalue weighted by Gasteiger charge is -2.56. The van der Waals surface area contributed by atoms with Gasteiger partial charge < -0.3 is 5.11 Å². The number of nitrogens with zero attached hydrogens (tertiary/aromatic N) is 3. The molecule has 0 bridgehead atoms. The van der Waals surface area contributed by atoms with Crippen molar-refractivity contribution < 1.29 is 14.3 Å². The largest absolute Gasteiger partial charge is 0.390 e. The topological polar surface area (TPSA) is 68.0 Å². The third kappa shape index (κ3) is 3.38. The molecule has 2 aromatic rings. The van der Waals surface area contributed by atoms with Crippen molar-refractivity contribution >= 4 is 16.8 Å². The Bertz CT molecular complexity index is 1080. The van der Waals surface area contributed by atoms with Crippen molar-refractivity contribution in [1.29, 1.82) is 0 Å². The molecule has 6 heteroatoms. The molecule has 6 rings (SSSR count). The number of rotatable bonds is 3. The van der Waals surface area contributed by atoms with Crippen LogP contribution in [0.2, 0.25) is 0 Å². The van der Waals surface area contributed by atoms with Gasteiger partial charge in [-0.3, -0.25) is 4.79 Å². The molecule has 4 saturated carbocycles. The van der Waals surface area contributed by atoms with Gasteiger partial charge in [-0.15, -0.1) is 5.10 Å². The maximum atomic E-state index is 14.0. The summed E-state index contributed by atoms with van der Waals surface area (Å²) in [5.74, 6) is 3.47. The molecule has 4 aliphatic carbocycles. The number of fused-ring (bicyclic) bond motifs is 6. The van der Waals surface area contributed by atoms with Crippen molar-refractivity contribution in [2.75, 3.05) is 0 Å². The van der Waals surface area contributed by atoms with Gasteiger partial charge in [0.25, 0.3) is 0 Å². The average molecular weight is 454 g/mol. The van der Waals surface area contributed by atoms with Crippen LogP contribution < -0.4 is 0 Å². The molecular formula is C27H36FN3O2. The van der Waals surface area contributed by atoms with E-state index in [2.05, 4.69) is 17.2 Å². The first kappa shape index (κ1) is 21.7. The summed E-state index contributed by atoms with van der Waals surface area (Å²) in [6.07, 6.45) is 10.0. The summed E-state index contributed by atoms with van der Waals surface area (Å²) >= 11 is 0. The van der Waals surface area contributed by atoms with Crippen LogP contribution in [0, 0.1) is 46.7 Å². The number of aromatic nitrogens is 3. The highest BCUT2D eigenvalue weighted by molar-refractivity contribution is 5.84. The number of hydrogen-bond donors (Lipinski definition) is 1. The van der Waals surface area contributed by atoms with E-state index in [0.717, 1.165) is 49.9 Å². The smallest absolute Gasteiger partial charge is 0.157 e. The van der Waals surface area contributed by atoms with E-state index in [1.165, 1.54) is 31.7 Å². The van der Waals surface area contributed by atoms with Gasteiger partial charge in [0.15, 0.2) is 11.6 Å². The third-order valence-corrected chi connectivity index (χ3v) is 10.4. The summed E-state index contributed by atoms with van der Waals surface area (Å²) in [4.78, 5) is 13.6. The molecule has 1 aromatic heterocycles. The van der Waals surface area contributed by atoms with Crippen LogP contribution in [0.1, 0.15) is 71.6 Å². The maximum Gasteiger partial charge on any atom is 0.157 e. The highest BCUT2D eigenvalue weighted by Gasteiger charge is 2.58. The molecule has 1 heterocycles. The van der Waals surface area contributed by atoms with Gasteiger partial charge in [0.05, 0.1) is 11.1 Å². The van der Waals surface area contributed by atoms with Crippen molar-refractivity contribution in [3.05, 3.63) is 24.0 Å². The maximum absolute atomic E-state index is 14.0. The lowest BCUT2D eigenvalue weighted by atomic mass is 9.49. The third-order valence-electron chi connectivity index (χ3n) is 10.4. The highest BCUT2D eigenvalue weighted by Crippen LogP contribution is 2.64. The second kappa shape index (κ2) is 7.59. The van der Waals surface area contributed by atoms with Crippen molar-refractivity contribution in [3.63, 3.8) is 0 Å². The summed E-state index contributed by atoms with van der Waals surface area (Å²) in [7, 11) is 0. The van der Waals surface area contributed by atoms with Crippen LogP contribution in [0.15, 0.2) is 18.2 Å². The molecule has 4 aliphatic rings. The van der Waals surface area contributed by atoms with Gasteiger partial charge in [-0.25, -0.2) is 9.07 Å². The minimum Gasteiger partial charge on any atom is -0.390 e. The van der Waals surface area contributed by atoms with E-state index < -0.39 is 11.4 Å². The second-order valence-electron chi connectivity index (χ2n) is 12.2. The molecule has 0 radical (unpaired) electrons. The first-order valence-corrected chi connectivity index (χ1v) is 13.0. The lowest BCUT2D eigenvalue weighted by molar-refractivity contribution is -0.133. The number of carbonyl (C=O) groups is 1. The van der Waals surface area contributed by atoms with Crippen molar-refractivity contribution in [2.45, 2.75) is 83.8 Å². The Morgan fingerprint density at radius 2 is 1.91 bits per heavy atom. The summed E-state index contributed by atoms with van der Waals surface area (Å²) < 4.78 is 15.6. The SMILES string of the molecule is C[C@@]1(O)CCC2C(CC[C@H]3C4CC[C@H](C(=O)Cn5nnc6c(F)cccc65)[C@@]4(C)CC[C@H]23)C1. The predicted octanol–water partition coefficient (Wildman–Crippen LogP) is 5.16. The van der Waals surface area contributed by atoms with Crippen LogP contribution in [-0.4, -0.2) is 31.5 Å². The van der Waals surface area contributed by atoms with Crippen molar-refractivity contribution in [3.8, 4) is 0 Å². The first-order chi connectivity index (χ1) is 15.8. The van der Waals surface area contributed by atoms with E-state index in [1.807, 2.05) is 6.92 Å². The van der Waals surface area contributed by atoms with Gasteiger partial charge in [0.2, 0.25) is 0 Å². The molecule has 5 nitrogen and oxygen atoms in total. The van der Waals surface area contributed by atoms with E-state index in [0.29, 0.717) is 17.4 Å². The zero-order valence-corrected chi connectivity index (χ0v) is 19.8. The quantitative estimate of drug-likeness (QED) is 0.697. The summed E-state index contributed by atoms with van der Waals surface area (Å²) in [5, 5.41) is 18.7. The fourth-order valence-electron chi connectivity index (χ4n) is 8.94. The predicted molar refractivity (Wildman–Crippen MR) is 124 cm³/mol. The Morgan fingerprint density at radius 3 is 2.76 bits per heavy atom. The number of carbonyl (C=O) groups excluding carboxylic acids is 1. The summed E-state index contributed by atoms with van der Waals surface area (Å²) in [5.41, 5.74) is 0.423. The van der Waals surface area contributed by atoms with Crippen molar-refractivity contribution in [1.82, 2.24) is 15.0 Å². The van der Waals surface area contributed by atoms with Gasteiger partial charge in [-0.1, -0.05) is 18.2 Å². The average Bonchev–Trinajstić information content (AvgIpc) is 3.34. The fourth-order valence-corrected chi connectivity index (χ4v) is 8.94. The molecule has 0 spiro atoms. The van der Waals surface area contributed by atoms with Crippen molar-refractivity contribution in [2.24, 2.45) is 40.9 Å². The molecule has 1 N–H and O–H groups in total. The Labute approximate surface area is 195 Å². The van der Waals surface area contributed by atoms with Gasteiger partial charge in [-0.05, 0) is 112 Å². The Hall–Kier alpha value is -1.82. The molecule has 0 aliphatic heterocycles. The molecule has 0 saturated heterocycles. The zero-order valence-electron chi connectivity index (χ0n) is 19.8. The van der Waals surface area contributed by atoms with E-state index in [1.54, 1.807) is 16.8 Å². The Kier molecular flexibility index (Phi) is 4.99. The Balaban J connectivity index is 1.20.